The van der Waals surface area contributed by atoms with Crippen LogP contribution >= 0.6 is 0 Å². The van der Waals surface area contributed by atoms with Crippen molar-refractivity contribution < 1.29 is 14.3 Å². The lowest BCUT2D eigenvalue weighted by atomic mass is 10.1. The lowest BCUT2D eigenvalue weighted by Crippen LogP contribution is -2.28. The zero-order valence-electron chi connectivity index (χ0n) is 12.6. The molecule has 0 aliphatic carbocycles. The molecule has 2 aromatic rings. The first-order chi connectivity index (χ1) is 11.1. The van der Waals surface area contributed by atoms with E-state index in [2.05, 4.69) is 0 Å². The van der Waals surface area contributed by atoms with E-state index in [0.717, 1.165) is 17.0 Å². The molecule has 1 aliphatic heterocycles. The average molecular weight is 310 g/mol. The van der Waals surface area contributed by atoms with Gasteiger partial charge in [-0.25, -0.2) is 0 Å². The summed E-state index contributed by atoms with van der Waals surface area (Å²) in [6, 6.07) is 17.2. The molecule has 1 atom stereocenters. The molecule has 0 saturated carbocycles. The van der Waals surface area contributed by atoms with E-state index in [-0.39, 0.29) is 12.3 Å². The zero-order valence-corrected chi connectivity index (χ0v) is 12.6. The van der Waals surface area contributed by atoms with Gasteiger partial charge in [0.05, 0.1) is 5.92 Å². The molecular weight excluding hydrogens is 292 g/mol. The fourth-order valence-electron chi connectivity index (χ4n) is 2.61. The van der Waals surface area contributed by atoms with Gasteiger partial charge in [0.15, 0.2) is 0 Å². The number of amides is 2. The number of carbonyl (C=O) groups excluding carboxylic acids is 2. The number of nitrogens with zero attached hydrogens (tertiary/aromatic N) is 1. The van der Waals surface area contributed by atoms with Gasteiger partial charge in [-0.3, -0.25) is 9.59 Å². The van der Waals surface area contributed by atoms with Crippen molar-refractivity contribution in [2.45, 2.75) is 13.0 Å². The Morgan fingerprint density at radius 3 is 2.43 bits per heavy atom. The monoisotopic (exact) mass is 310 g/mol. The second-order valence-corrected chi connectivity index (χ2v) is 5.58. The quantitative estimate of drug-likeness (QED) is 0.919. The van der Waals surface area contributed by atoms with Gasteiger partial charge in [0.25, 0.3) is 0 Å². The van der Waals surface area contributed by atoms with Crippen molar-refractivity contribution in [3.63, 3.8) is 0 Å². The highest BCUT2D eigenvalue weighted by Crippen LogP contribution is 2.26. The molecule has 1 saturated heterocycles. The highest BCUT2D eigenvalue weighted by Gasteiger charge is 2.33. The summed E-state index contributed by atoms with van der Waals surface area (Å²) < 4.78 is 5.72. The lowest BCUT2D eigenvalue weighted by Gasteiger charge is -2.16. The number of rotatable bonds is 5. The average Bonchev–Trinajstić information content (AvgIpc) is 2.97. The Morgan fingerprint density at radius 2 is 1.83 bits per heavy atom. The minimum atomic E-state index is -0.427. The highest BCUT2D eigenvalue weighted by molar-refractivity contribution is 6.00. The van der Waals surface area contributed by atoms with Gasteiger partial charge in [0.1, 0.15) is 12.4 Å². The van der Waals surface area contributed by atoms with Crippen molar-refractivity contribution >= 4 is 17.5 Å². The number of hydrogen-bond donors (Lipinski definition) is 1. The van der Waals surface area contributed by atoms with Crippen LogP contribution in [-0.2, 0) is 16.2 Å². The molecule has 2 aromatic carbocycles. The van der Waals surface area contributed by atoms with Crippen molar-refractivity contribution in [2.24, 2.45) is 11.7 Å². The van der Waals surface area contributed by atoms with Crippen LogP contribution in [0.15, 0.2) is 54.6 Å². The number of hydrogen-bond acceptors (Lipinski definition) is 3. The number of anilines is 1. The van der Waals surface area contributed by atoms with Crippen LogP contribution in [-0.4, -0.2) is 18.4 Å². The molecule has 1 unspecified atom stereocenters. The molecule has 2 N–H and O–H groups in total. The van der Waals surface area contributed by atoms with E-state index in [9.17, 15) is 9.59 Å². The summed E-state index contributed by atoms with van der Waals surface area (Å²) in [7, 11) is 0. The van der Waals surface area contributed by atoms with E-state index in [1.807, 2.05) is 54.6 Å². The summed E-state index contributed by atoms with van der Waals surface area (Å²) in [4.78, 5) is 24.8. The number of ether oxygens (including phenoxy) is 1. The molecule has 0 bridgehead atoms. The van der Waals surface area contributed by atoms with Gasteiger partial charge >= 0.3 is 0 Å². The highest BCUT2D eigenvalue weighted by atomic mass is 16.5. The van der Waals surface area contributed by atoms with Crippen molar-refractivity contribution in [3.8, 4) is 5.75 Å². The Hall–Kier alpha value is -2.82. The summed E-state index contributed by atoms with van der Waals surface area (Å²) in [6.45, 7) is 0.838. The molecule has 0 radical (unpaired) electrons. The maximum atomic E-state index is 12.0. The fourth-order valence-corrected chi connectivity index (χ4v) is 2.61. The van der Waals surface area contributed by atoms with Gasteiger partial charge in [0, 0.05) is 18.7 Å². The largest absolute Gasteiger partial charge is 0.489 e. The topological polar surface area (TPSA) is 72.6 Å². The summed E-state index contributed by atoms with van der Waals surface area (Å²) in [5, 5.41) is 0. The van der Waals surface area contributed by atoms with Crippen molar-refractivity contribution in [1.82, 2.24) is 0 Å². The number of nitrogens with two attached hydrogens (primary N) is 1. The molecule has 0 spiro atoms. The summed E-state index contributed by atoms with van der Waals surface area (Å²) >= 11 is 0. The standard InChI is InChI=1S/C18H18N2O3/c19-18(22)14-10-17(21)20(11-14)15-6-8-16(9-7-15)23-12-13-4-2-1-3-5-13/h1-9,14H,10-12H2,(H2,19,22). The minimum absolute atomic E-state index is 0.0771. The van der Waals surface area contributed by atoms with Crippen LogP contribution in [0.2, 0.25) is 0 Å². The third-order valence-electron chi connectivity index (χ3n) is 3.92. The number of primary amides is 1. The van der Waals surface area contributed by atoms with Crippen LogP contribution in [0.1, 0.15) is 12.0 Å². The van der Waals surface area contributed by atoms with E-state index in [0.29, 0.717) is 13.2 Å². The van der Waals surface area contributed by atoms with Crippen LogP contribution in [0, 0.1) is 5.92 Å². The van der Waals surface area contributed by atoms with Crippen molar-refractivity contribution in [3.05, 3.63) is 60.2 Å². The summed E-state index contributed by atoms with van der Waals surface area (Å²) in [6.07, 6.45) is 0.182. The summed E-state index contributed by atoms with van der Waals surface area (Å²) in [5.41, 5.74) is 7.13. The SMILES string of the molecule is NC(=O)C1CC(=O)N(c2ccc(OCc3ccccc3)cc2)C1. The van der Waals surface area contributed by atoms with Gasteiger partial charge < -0.3 is 15.4 Å². The van der Waals surface area contributed by atoms with Crippen LogP contribution in [0.5, 0.6) is 5.75 Å². The molecule has 23 heavy (non-hydrogen) atoms. The lowest BCUT2D eigenvalue weighted by molar-refractivity contribution is -0.123. The first-order valence-corrected chi connectivity index (χ1v) is 7.50. The second-order valence-electron chi connectivity index (χ2n) is 5.58. The first kappa shape index (κ1) is 15.1. The Bertz CT molecular complexity index is 698. The van der Waals surface area contributed by atoms with Crippen LogP contribution < -0.4 is 15.4 Å². The molecule has 1 fully saturated rings. The minimum Gasteiger partial charge on any atom is -0.489 e. The maximum Gasteiger partial charge on any atom is 0.227 e. The van der Waals surface area contributed by atoms with Crippen LogP contribution in [0.25, 0.3) is 0 Å². The molecular formula is C18H18N2O3. The van der Waals surface area contributed by atoms with Crippen molar-refractivity contribution in [1.29, 1.82) is 0 Å². The first-order valence-electron chi connectivity index (χ1n) is 7.50. The second kappa shape index (κ2) is 6.52. The molecule has 3 rings (SSSR count). The van der Waals surface area contributed by atoms with Crippen molar-refractivity contribution in [2.75, 3.05) is 11.4 Å². The smallest absolute Gasteiger partial charge is 0.227 e. The summed E-state index contributed by atoms with van der Waals surface area (Å²) in [5.74, 6) is -0.178. The van der Waals surface area contributed by atoms with E-state index in [1.54, 1.807) is 4.90 Å². The van der Waals surface area contributed by atoms with Gasteiger partial charge in [-0.1, -0.05) is 30.3 Å². The molecule has 2 amide bonds. The third kappa shape index (κ3) is 3.51. The zero-order chi connectivity index (χ0) is 16.2. The third-order valence-corrected chi connectivity index (χ3v) is 3.92. The van der Waals surface area contributed by atoms with Gasteiger partial charge in [-0.05, 0) is 29.8 Å². The molecule has 5 nitrogen and oxygen atoms in total. The van der Waals surface area contributed by atoms with E-state index < -0.39 is 11.8 Å². The van der Waals surface area contributed by atoms with Crippen LogP contribution in [0.4, 0.5) is 5.69 Å². The van der Waals surface area contributed by atoms with E-state index >= 15 is 0 Å². The molecule has 1 aliphatic rings. The molecule has 1 heterocycles. The van der Waals surface area contributed by atoms with Gasteiger partial charge in [-0.2, -0.15) is 0 Å². The number of benzene rings is 2. The molecule has 5 heteroatoms. The molecule has 0 aromatic heterocycles. The number of carbonyl (C=O) groups is 2. The van der Waals surface area contributed by atoms with Gasteiger partial charge in [0.2, 0.25) is 11.8 Å². The molecule has 118 valence electrons. The van der Waals surface area contributed by atoms with Gasteiger partial charge in [-0.15, -0.1) is 0 Å². The van der Waals surface area contributed by atoms with Crippen LogP contribution in [0.3, 0.4) is 0 Å². The predicted octanol–water partition coefficient (Wildman–Crippen LogP) is 2.10. The Labute approximate surface area is 134 Å². The normalized spacial score (nSPS) is 17.3. The Morgan fingerprint density at radius 1 is 1.13 bits per heavy atom. The Balaban J connectivity index is 1.63. The van der Waals surface area contributed by atoms with E-state index in [4.69, 9.17) is 10.5 Å². The maximum absolute atomic E-state index is 12.0. The van der Waals surface area contributed by atoms with E-state index in [1.165, 1.54) is 0 Å². The fraction of sp³-hybridized carbons (Fsp3) is 0.222. The Kier molecular flexibility index (Phi) is 4.28. The predicted molar refractivity (Wildman–Crippen MR) is 86.9 cm³/mol.